The van der Waals surface area contributed by atoms with Gasteiger partial charge in [0.25, 0.3) is 5.91 Å². The summed E-state index contributed by atoms with van der Waals surface area (Å²) in [6.07, 6.45) is 0. The Hall–Kier alpha value is -2.65. The van der Waals surface area contributed by atoms with Crippen LogP contribution in [0.4, 0.5) is 0 Å². The predicted molar refractivity (Wildman–Crippen MR) is 119 cm³/mol. The minimum atomic E-state index is -0.627. The van der Waals surface area contributed by atoms with Crippen LogP contribution in [0.2, 0.25) is 0 Å². The molecule has 0 spiro atoms. The van der Waals surface area contributed by atoms with Gasteiger partial charge in [-0.25, -0.2) is 0 Å². The summed E-state index contributed by atoms with van der Waals surface area (Å²) in [6, 6.07) is 8.46. The number of piperazine rings is 1. The minimum Gasteiger partial charge on any atom is -0.484 e. The molecule has 0 saturated carbocycles. The largest absolute Gasteiger partial charge is 0.484 e. The van der Waals surface area contributed by atoms with Gasteiger partial charge < -0.3 is 24.6 Å². The van der Waals surface area contributed by atoms with Crippen LogP contribution in [-0.2, 0) is 19.1 Å². The normalized spacial score (nSPS) is 18.3. The predicted octanol–water partition coefficient (Wildman–Crippen LogP) is 0.209. The highest BCUT2D eigenvalue weighted by Crippen LogP contribution is 2.12. The van der Waals surface area contributed by atoms with Crippen molar-refractivity contribution in [2.45, 2.75) is 19.9 Å². The number of carbonyl (C=O) groups excluding carboxylic acids is 3. The van der Waals surface area contributed by atoms with Gasteiger partial charge in [0.05, 0.1) is 19.8 Å². The lowest BCUT2D eigenvalue weighted by molar-refractivity contribution is -0.143. The Labute approximate surface area is 189 Å². The van der Waals surface area contributed by atoms with Crippen LogP contribution in [0.15, 0.2) is 30.3 Å². The number of nitrogens with zero attached hydrogens (tertiary/aromatic N) is 3. The summed E-state index contributed by atoms with van der Waals surface area (Å²) >= 11 is 0. The fourth-order valence-corrected chi connectivity index (χ4v) is 3.82. The second-order valence-corrected chi connectivity index (χ2v) is 8.49. The maximum Gasteiger partial charge on any atom is 0.258 e. The van der Waals surface area contributed by atoms with Gasteiger partial charge in [0.1, 0.15) is 11.8 Å². The van der Waals surface area contributed by atoms with Gasteiger partial charge in [0, 0.05) is 39.3 Å². The standard InChI is InChI=1S/C23H34N4O5/c1-18(2)22(24-20(28)17-32-19-6-4-3-5-7-19)23(30)27-10-8-26(9-11-27)21(29)16-25-12-14-31-15-13-25/h3-7,18,22H,8-17H2,1-2H3,(H,24,28). The van der Waals surface area contributed by atoms with Gasteiger partial charge in [-0.3, -0.25) is 19.3 Å². The smallest absolute Gasteiger partial charge is 0.258 e. The molecule has 1 atom stereocenters. The summed E-state index contributed by atoms with van der Waals surface area (Å²) in [4.78, 5) is 43.7. The van der Waals surface area contributed by atoms with Crippen LogP contribution < -0.4 is 10.1 Å². The lowest BCUT2D eigenvalue weighted by Gasteiger charge is -2.38. The summed E-state index contributed by atoms with van der Waals surface area (Å²) in [6.45, 7) is 8.86. The van der Waals surface area contributed by atoms with Crippen LogP contribution in [0, 0.1) is 5.92 Å². The molecule has 0 aromatic heterocycles. The molecule has 0 radical (unpaired) electrons. The SMILES string of the molecule is CC(C)C(NC(=O)COc1ccccc1)C(=O)N1CCN(C(=O)CN2CCOCC2)CC1. The second kappa shape index (κ2) is 11.8. The zero-order valence-electron chi connectivity index (χ0n) is 19.0. The zero-order valence-corrected chi connectivity index (χ0v) is 19.0. The van der Waals surface area contributed by atoms with Crippen LogP contribution >= 0.6 is 0 Å². The van der Waals surface area contributed by atoms with E-state index >= 15 is 0 Å². The molecule has 3 rings (SSSR count). The van der Waals surface area contributed by atoms with E-state index in [2.05, 4.69) is 10.2 Å². The summed E-state index contributed by atoms with van der Waals surface area (Å²) in [7, 11) is 0. The number of benzene rings is 1. The van der Waals surface area contributed by atoms with Gasteiger partial charge >= 0.3 is 0 Å². The van der Waals surface area contributed by atoms with E-state index < -0.39 is 6.04 Å². The fraction of sp³-hybridized carbons (Fsp3) is 0.609. The van der Waals surface area contributed by atoms with Crippen molar-refractivity contribution in [3.05, 3.63) is 30.3 Å². The van der Waals surface area contributed by atoms with E-state index in [0.717, 1.165) is 13.1 Å². The van der Waals surface area contributed by atoms with Crippen molar-refractivity contribution in [3.63, 3.8) is 0 Å². The van der Waals surface area contributed by atoms with E-state index in [-0.39, 0.29) is 30.2 Å². The van der Waals surface area contributed by atoms with E-state index in [0.29, 0.717) is 51.7 Å². The monoisotopic (exact) mass is 446 g/mol. The Morgan fingerprint density at radius 3 is 2.22 bits per heavy atom. The molecular formula is C23H34N4O5. The van der Waals surface area contributed by atoms with E-state index in [9.17, 15) is 14.4 Å². The molecule has 1 aromatic rings. The molecule has 3 amide bonds. The number of para-hydroxylation sites is 1. The molecule has 176 valence electrons. The van der Waals surface area contributed by atoms with Gasteiger partial charge in [0.2, 0.25) is 11.8 Å². The van der Waals surface area contributed by atoms with Gasteiger partial charge in [-0.15, -0.1) is 0 Å². The van der Waals surface area contributed by atoms with Crippen molar-refractivity contribution in [1.82, 2.24) is 20.0 Å². The topological polar surface area (TPSA) is 91.4 Å². The summed E-state index contributed by atoms with van der Waals surface area (Å²) in [5.74, 6) is 0.177. The highest BCUT2D eigenvalue weighted by Gasteiger charge is 2.32. The van der Waals surface area contributed by atoms with Gasteiger partial charge in [-0.05, 0) is 18.1 Å². The first-order valence-corrected chi connectivity index (χ1v) is 11.3. The lowest BCUT2D eigenvalue weighted by atomic mass is 10.0. The van der Waals surface area contributed by atoms with Crippen molar-refractivity contribution < 1.29 is 23.9 Å². The number of hydrogen-bond donors (Lipinski definition) is 1. The fourth-order valence-electron chi connectivity index (χ4n) is 3.82. The third kappa shape index (κ3) is 6.93. The van der Waals surface area contributed by atoms with Crippen molar-refractivity contribution in [1.29, 1.82) is 0 Å². The number of rotatable bonds is 8. The average molecular weight is 447 g/mol. The van der Waals surface area contributed by atoms with Gasteiger partial charge in [-0.2, -0.15) is 0 Å². The molecule has 2 fully saturated rings. The van der Waals surface area contributed by atoms with Crippen LogP contribution in [0.1, 0.15) is 13.8 Å². The third-order valence-electron chi connectivity index (χ3n) is 5.77. The molecule has 9 nitrogen and oxygen atoms in total. The lowest BCUT2D eigenvalue weighted by Crippen LogP contribution is -2.58. The Kier molecular flexibility index (Phi) is 8.87. The highest BCUT2D eigenvalue weighted by atomic mass is 16.5. The molecule has 2 aliphatic heterocycles. The number of morpholine rings is 1. The molecule has 2 aliphatic rings. The number of amides is 3. The maximum absolute atomic E-state index is 13.1. The molecule has 0 aliphatic carbocycles. The van der Waals surface area contributed by atoms with Crippen LogP contribution in [0.3, 0.4) is 0 Å². The van der Waals surface area contributed by atoms with E-state index in [1.807, 2.05) is 36.9 Å². The van der Waals surface area contributed by atoms with Gasteiger partial charge in [-0.1, -0.05) is 32.0 Å². The molecule has 1 unspecified atom stereocenters. The number of nitrogens with one attached hydrogen (secondary N) is 1. The van der Waals surface area contributed by atoms with Gasteiger partial charge in [0.15, 0.2) is 6.61 Å². The van der Waals surface area contributed by atoms with E-state index in [1.54, 1.807) is 17.0 Å². The van der Waals surface area contributed by atoms with Crippen molar-refractivity contribution >= 4 is 17.7 Å². The first-order chi connectivity index (χ1) is 15.4. The Morgan fingerprint density at radius 2 is 1.59 bits per heavy atom. The van der Waals surface area contributed by atoms with Crippen molar-refractivity contribution in [2.75, 3.05) is 65.6 Å². The minimum absolute atomic E-state index is 0.0656. The maximum atomic E-state index is 13.1. The molecule has 1 N–H and O–H groups in total. The molecule has 32 heavy (non-hydrogen) atoms. The number of ether oxygens (including phenoxy) is 2. The Bertz CT molecular complexity index is 759. The first-order valence-electron chi connectivity index (χ1n) is 11.3. The average Bonchev–Trinajstić information content (AvgIpc) is 2.82. The number of carbonyl (C=O) groups is 3. The Balaban J connectivity index is 1.45. The molecular weight excluding hydrogens is 412 g/mol. The van der Waals surface area contributed by atoms with E-state index in [1.165, 1.54) is 0 Å². The molecule has 0 bridgehead atoms. The van der Waals surface area contributed by atoms with Crippen molar-refractivity contribution in [2.24, 2.45) is 5.92 Å². The highest BCUT2D eigenvalue weighted by molar-refractivity contribution is 5.88. The van der Waals surface area contributed by atoms with Crippen LogP contribution in [0.25, 0.3) is 0 Å². The molecule has 2 saturated heterocycles. The summed E-state index contributed by atoms with van der Waals surface area (Å²) < 4.78 is 10.8. The third-order valence-corrected chi connectivity index (χ3v) is 5.77. The molecule has 2 heterocycles. The first kappa shape index (κ1) is 24.0. The zero-order chi connectivity index (χ0) is 22.9. The second-order valence-electron chi connectivity index (χ2n) is 8.49. The van der Waals surface area contributed by atoms with E-state index in [4.69, 9.17) is 9.47 Å². The Morgan fingerprint density at radius 1 is 0.969 bits per heavy atom. The molecule has 1 aromatic carbocycles. The molecule has 9 heteroatoms. The quantitative estimate of drug-likeness (QED) is 0.614. The number of hydrogen-bond acceptors (Lipinski definition) is 6. The van der Waals surface area contributed by atoms with Crippen molar-refractivity contribution in [3.8, 4) is 5.75 Å². The van der Waals surface area contributed by atoms with Crippen LogP contribution in [0.5, 0.6) is 5.75 Å². The summed E-state index contributed by atoms with van der Waals surface area (Å²) in [5.41, 5.74) is 0. The summed E-state index contributed by atoms with van der Waals surface area (Å²) in [5, 5.41) is 2.82. The van der Waals surface area contributed by atoms with Crippen LogP contribution in [-0.4, -0.2) is 104 Å².